The second-order valence-corrected chi connectivity index (χ2v) is 9.66. The first-order chi connectivity index (χ1) is 9.45. The van der Waals surface area contributed by atoms with Gasteiger partial charge < -0.3 is 24.8 Å². The van der Waals surface area contributed by atoms with E-state index in [0.717, 1.165) is 0 Å². The molecule has 0 fully saturated rings. The van der Waals surface area contributed by atoms with Crippen molar-refractivity contribution in [2.45, 2.75) is 0 Å². The normalized spacial score (nSPS) is 9.55. The van der Waals surface area contributed by atoms with Gasteiger partial charge in [-0.2, -0.15) is 9.90 Å². The zero-order valence-corrected chi connectivity index (χ0v) is 17.1. The molecule has 0 aliphatic heterocycles. The fourth-order valence-electron chi connectivity index (χ4n) is 1.84. The van der Waals surface area contributed by atoms with Crippen LogP contribution < -0.4 is 36.7 Å². The Morgan fingerprint density at radius 3 is 0.864 bits per heavy atom. The Bertz CT molecular complexity index is 539. The van der Waals surface area contributed by atoms with Crippen LogP contribution >= 0.6 is 9.90 Å². The van der Waals surface area contributed by atoms with Crippen LogP contribution in [0.4, 0.5) is 0 Å². The number of hydrogen-bond acceptors (Lipinski definition) is 0. The summed E-state index contributed by atoms with van der Waals surface area (Å²) >= 11 is -1.52. The molecule has 0 nitrogen and oxygen atoms in total. The molecule has 0 aromatic heterocycles. The second kappa shape index (κ2) is 11.0. The molecule has 1 unspecified atom stereocenters. The van der Waals surface area contributed by atoms with Crippen molar-refractivity contribution in [3.05, 3.63) is 91.0 Å². The van der Waals surface area contributed by atoms with Crippen LogP contribution in [0.1, 0.15) is 0 Å². The summed E-state index contributed by atoms with van der Waals surface area (Å²) in [6, 6.07) is 32.8. The maximum atomic E-state index is 2.27. The van der Waals surface area contributed by atoms with Gasteiger partial charge in [0.15, 0.2) is 0 Å². The van der Waals surface area contributed by atoms with E-state index in [1.165, 1.54) is 11.9 Å². The van der Waals surface area contributed by atoms with Gasteiger partial charge in [-0.25, -0.2) is 0 Å². The molecule has 0 saturated heterocycles. The molecular weight excluding hydrogens is 513 g/mol. The van der Waals surface area contributed by atoms with Crippen molar-refractivity contribution in [2.75, 3.05) is 0 Å². The predicted octanol–water partition coefficient (Wildman–Crippen LogP) is -3.35. The fraction of sp³-hybridized carbons (Fsp3) is 0. The van der Waals surface area contributed by atoms with Gasteiger partial charge in [0.05, 0.1) is 0 Å². The van der Waals surface area contributed by atoms with E-state index in [1.807, 2.05) is 0 Å². The molecule has 0 aliphatic carbocycles. The summed E-state index contributed by atoms with van der Waals surface area (Å²) in [5.41, 5.74) is 0. The molecule has 0 aliphatic rings. The number of rotatable bonds is 3. The van der Waals surface area contributed by atoms with Crippen LogP contribution in [0.5, 0.6) is 0 Å². The van der Waals surface area contributed by atoms with Gasteiger partial charge in [0, 0.05) is 0 Å². The van der Waals surface area contributed by atoms with Crippen LogP contribution in [0.3, 0.4) is 0 Å². The standard InChI is InChI=1S/3C6H5.2ClH.H3P.Pt/c3*1-2-4-6-5-3-1;;;;/h3*1-5H;2*1H;1H3;/q;;;;;;+2/p-2. The molecule has 3 rings (SSSR count). The van der Waals surface area contributed by atoms with Crippen LogP contribution in [0.25, 0.3) is 0 Å². The van der Waals surface area contributed by atoms with Gasteiger partial charge >= 0.3 is 120 Å². The first-order valence-corrected chi connectivity index (χ1v) is 9.61. The van der Waals surface area contributed by atoms with Gasteiger partial charge in [-0.3, -0.25) is 0 Å². The van der Waals surface area contributed by atoms with Gasteiger partial charge in [0.1, 0.15) is 0 Å². The Labute approximate surface area is 154 Å². The predicted molar refractivity (Wildman–Crippen MR) is 89.3 cm³/mol. The molecule has 0 spiro atoms. The minimum atomic E-state index is -1.52. The van der Waals surface area contributed by atoms with Crippen LogP contribution in [0.15, 0.2) is 91.0 Å². The van der Waals surface area contributed by atoms with Crippen molar-refractivity contribution >= 4 is 21.8 Å². The molecule has 0 heterocycles. The van der Waals surface area contributed by atoms with E-state index >= 15 is 0 Å². The summed E-state index contributed by atoms with van der Waals surface area (Å²) in [5, 5.41) is 0. The zero-order valence-electron chi connectivity index (χ0n) is 11.9. The third-order valence-electron chi connectivity index (χ3n) is 2.69. The van der Waals surface area contributed by atoms with Crippen molar-refractivity contribution in [2.24, 2.45) is 0 Å². The third kappa shape index (κ3) is 5.22. The molecule has 0 radical (unpaired) electrons. The monoisotopic (exact) mass is 530 g/mol. The first kappa shape index (κ1) is 21.4. The molecule has 1 atom stereocenters. The molecular formula is C18H18Cl2PPt. The van der Waals surface area contributed by atoms with E-state index in [9.17, 15) is 0 Å². The Kier molecular flexibility index (Phi) is 10.7. The molecule has 22 heavy (non-hydrogen) atoms. The summed E-state index contributed by atoms with van der Waals surface area (Å²) in [6.45, 7) is 0. The Hall–Kier alpha value is -0.642. The van der Waals surface area contributed by atoms with E-state index < -0.39 is 17.3 Å². The third-order valence-corrected chi connectivity index (χ3v) is 8.89. The molecule has 0 amide bonds. The SMILES string of the molecule is P.[Cl-].[Cl-].c1cc[c]([Pt+2]([c]2ccccc2)[c]2ccccc2)cc1. The average Bonchev–Trinajstić information content (AvgIpc) is 2.51. The Balaban J connectivity index is 0.00000147. The van der Waals surface area contributed by atoms with Gasteiger partial charge in [-0.1, -0.05) is 0 Å². The molecule has 0 saturated carbocycles. The van der Waals surface area contributed by atoms with Gasteiger partial charge in [0.25, 0.3) is 0 Å². The summed E-state index contributed by atoms with van der Waals surface area (Å²) < 4.78 is 4.47. The first-order valence-electron chi connectivity index (χ1n) is 6.21. The quantitative estimate of drug-likeness (QED) is 0.310. The molecule has 4 heteroatoms. The van der Waals surface area contributed by atoms with Crippen molar-refractivity contribution in [3.63, 3.8) is 0 Å². The average molecular weight is 531 g/mol. The zero-order chi connectivity index (χ0) is 12.9. The summed E-state index contributed by atoms with van der Waals surface area (Å²) in [5.74, 6) is 0. The minimum absolute atomic E-state index is 0. The summed E-state index contributed by atoms with van der Waals surface area (Å²) in [4.78, 5) is 0. The van der Waals surface area contributed by atoms with E-state index in [1.54, 1.807) is 0 Å². The van der Waals surface area contributed by atoms with E-state index in [2.05, 4.69) is 91.0 Å². The van der Waals surface area contributed by atoms with Crippen molar-refractivity contribution in [1.29, 1.82) is 0 Å². The second-order valence-electron chi connectivity index (χ2n) is 4.02. The molecule has 119 valence electrons. The van der Waals surface area contributed by atoms with Crippen molar-refractivity contribution in [3.8, 4) is 0 Å². The fourth-order valence-corrected chi connectivity index (χ4v) is 7.70. The van der Waals surface area contributed by atoms with Crippen LogP contribution in [-0.2, 0) is 17.3 Å². The van der Waals surface area contributed by atoms with Crippen LogP contribution in [-0.4, -0.2) is 0 Å². The number of halogens is 2. The molecule has 0 bridgehead atoms. The van der Waals surface area contributed by atoms with Crippen molar-refractivity contribution < 1.29 is 42.1 Å². The van der Waals surface area contributed by atoms with Gasteiger partial charge in [-0.05, 0) is 0 Å². The van der Waals surface area contributed by atoms with Gasteiger partial charge in [-0.15, -0.1) is 0 Å². The van der Waals surface area contributed by atoms with Gasteiger partial charge in [0.2, 0.25) is 0 Å². The molecule has 3 aromatic carbocycles. The maximum absolute atomic E-state index is 2.27. The Morgan fingerprint density at radius 1 is 0.409 bits per heavy atom. The number of benzene rings is 3. The van der Waals surface area contributed by atoms with E-state index in [0.29, 0.717) is 0 Å². The number of hydrogen-bond donors (Lipinski definition) is 0. The van der Waals surface area contributed by atoms with E-state index in [-0.39, 0.29) is 34.7 Å². The van der Waals surface area contributed by atoms with E-state index in [4.69, 9.17) is 0 Å². The summed E-state index contributed by atoms with van der Waals surface area (Å²) in [6.07, 6.45) is 0. The van der Waals surface area contributed by atoms with Crippen LogP contribution in [0.2, 0.25) is 0 Å². The Morgan fingerprint density at radius 2 is 0.636 bits per heavy atom. The molecule has 3 aromatic rings. The topological polar surface area (TPSA) is 0 Å². The van der Waals surface area contributed by atoms with Crippen LogP contribution in [0, 0.1) is 0 Å². The molecule has 0 N–H and O–H groups in total. The van der Waals surface area contributed by atoms with Crippen molar-refractivity contribution in [1.82, 2.24) is 0 Å². The summed E-state index contributed by atoms with van der Waals surface area (Å²) in [7, 11) is 0.